The summed E-state index contributed by atoms with van der Waals surface area (Å²) in [6.07, 6.45) is 0.959. The van der Waals surface area contributed by atoms with Gasteiger partial charge >= 0.3 is 6.09 Å². The Morgan fingerprint density at radius 2 is 1.54 bits per heavy atom. The molecule has 1 saturated heterocycles. The molecule has 0 aliphatic carbocycles. The van der Waals surface area contributed by atoms with E-state index in [1.54, 1.807) is 0 Å². The van der Waals surface area contributed by atoms with Gasteiger partial charge in [0.25, 0.3) is 0 Å². The van der Waals surface area contributed by atoms with Crippen molar-refractivity contribution in [1.29, 1.82) is 0 Å². The van der Waals surface area contributed by atoms with Crippen LogP contribution in [0.5, 0.6) is 0 Å². The van der Waals surface area contributed by atoms with Crippen LogP contribution in [0.25, 0.3) is 0 Å². The molecule has 1 fully saturated rings. The average Bonchev–Trinajstić information content (AvgIpc) is 3.07. The predicted molar refractivity (Wildman–Crippen MR) is 196 cm³/mol. The first kappa shape index (κ1) is 43.2. The molecule has 16 heteroatoms. The Kier molecular flexibility index (Phi) is 16.9. The zero-order valence-corrected chi connectivity index (χ0v) is 32.1. The van der Waals surface area contributed by atoms with Crippen molar-refractivity contribution >= 4 is 31.9 Å². The molecular weight excluding hydrogens is 719 g/mol. The maximum absolute atomic E-state index is 14.2. The van der Waals surface area contributed by atoms with E-state index in [1.165, 1.54) is 4.31 Å². The van der Waals surface area contributed by atoms with E-state index in [-0.39, 0.29) is 44.5 Å². The van der Waals surface area contributed by atoms with E-state index >= 15 is 0 Å². The number of piperidine rings is 1. The molecule has 2 amide bonds. The summed E-state index contributed by atoms with van der Waals surface area (Å²) >= 11 is 0. The Balaban J connectivity index is 1.84. The number of nitrogens with zero attached hydrogens (tertiary/aromatic N) is 1. The summed E-state index contributed by atoms with van der Waals surface area (Å²) in [6, 6.07) is 7.90. The van der Waals surface area contributed by atoms with Crippen LogP contribution in [-0.4, -0.2) is 99.4 Å². The zero-order chi connectivity index (χ0) is 38.5. The topological polar surface area (TPSA) is 171 Å². The lowest BCUT2D eigenvalue weighted by Crippen LogP contribution is -2.57. The number of hydrogen-bond donors (Lipinski definition) is 4. The number of nitrogens with one attached hydrogen (secondary N) is 3. The van der Waals surface area contributed by atoms with Crippen molar-refractivity contribution in [1.82, 2.24) is 20.3 Å². The van der Waals surface area contributed by atoms with E-state index in [9.17, 15) is 40.3 Å². The SMILES string of the molecule is CCCC(CCC)S(=O)(=O)CC(NC(=O)OC1CCN(S(C)(=O)=O)CC1)C(=O)N[C@@H](Cc1cc(F)cc(F)c1)[C@H](O)CNCc1cccc(CC)c1. The molecule has 0 bridgehead atoms. The van der Waals surface area contributed by atoms with Crippen molar-refractivity contribution in [3.8, 4) is 0 Å². The summed E-state index contributed by atoms with van der Waals surface area (Å²) in [7, 11) is -7.37. The van der Waals surface area contributed by atoms with Crippen LogP contribution in [0.4, 0.5) is 13.6 Å². The highest BCUT2D eigenvalue weighted by Gasteiger charge is 2.35. The van der Waals surface area contributed by atoms with Crippen LogP contribution >= 0.6 is 0 Å². The number of ether oxygens (including phenoxy) is 1. The molecule has 4 N–H and O–H groups in total. The van der Waals surface area contributed by atoms with Gasteiger partial charge in [0.1, 0.15) is 23.8 Å². The zero-order valence-electron chi connectivity index (χ0n) is 30.4. The number of rotatable bonds is 20. The molecule has 12 nitrogen and oxygen atoms in total. The van der Waals surface area contributed by atoms with Crippen LogP contribution in [0.1, 0.15) is 76.0 Å². The molecule has 3 atom stereocenters. The summed E-state index contributed by atoms with van der Waals surface area (Å²) in [4.78, 5) is 27.1. The number of carbonyl (C=O) groups is 2. The molecule has 1 unspecified atom stereocenters. The highest BCUT2D eigenvalue weighted by molar-refractivity contribution is 7.92. The Morgan fingerprint density at radius 1 is 0.923 bits per heavy atom. The second-order valence-electron chi connectivity index (χ2n) is 13.5. The van der Waals surface area contributed by atoms with Gasteiger partial charge in [-0.3, -0.25) is 4.79 Å². The van der Waals surface area contributed by atoms with E-state index in [0.29, 0.717) is 38.3 Å². The summed E-state index contributed by atoms with van der Waals surface area (Å²) < 4.78 is 86.2. The second-order valence-corrected chi connectivity index (χ2v) is 17.8. The standard InChI is InChI=1S/C36H54F2N4O8S2/c1-5-9-31(10-6-2)52(48,49)24-33(41-36(45)50-30-13-15-42(16-14-30)51(4,46)47)35(44)40-32(20-27-18-28(37)21-29(38)19-27)34(43)23-39-22-26-12-8-11-25(7-3)17-26/h8,11-12,17-19,21,30-34,39,43H,5-7,9-10,13-16,20,22-24H2,1-4H3,(H,40,44)(H,41,45)/t32-,33?,34+/m0/s1. The minimum Gasteiger partial charge on any atom is -0.446 e. The third-order valence-corrected chi connectivity index (χ3v) is 12.7. The van der Waals surface area contributed by atoms with Crippen molar-refractivity contribution in [2.24, 2.45) is 0 Å². The lowest BCUT2D eigenvalue weighted by Gasteiger charge is -2.31. The predicted octanol–water partition coefficient (Wildman–Crippen LogP) is 3.61. The Labute approximate surface area is 307 Å². The number of aliphatic hydroxyl groups excluding tert-OH is 1. The number of benzene rings is 2. The number of sulfone groups is 1. The molecule has 1 aliphatic rings. The van der Waals surface area contributed by atoms with Gasteiger partial charge in [-0.2, -0.15) is 0 Å². The summed E-state index contributed by atoms with van der Waals surface area (Å²) in [6.45, 7) is 6.33. The van der Waals surface area contributed by atoms with Gasteiger partial charge in [-0.1, -0.05) is 57.9 Å². The van der Waals surface area contributed by atoms with Crippen molar-refractivity contribution in [3.05, 3.63) is 70.8 Å². The number of carbonyl (C=O) groups excluding carboxylic acids is 2. The molecule has 2 aromatic rings. The fraction of sp³-hybridized carbons (Fsp3) is 0.611. The lowest BCUT2D eigenvalue weighted by molar-refractivity contribution is -0.124. The van der Waals surface area contributed by atoms with Crippen molar-refractivity contribution in [3.63, 3.8) is 0 Å². The fourth-order valence-corrected chi connectivity index (χ4v) is 9.36. The molecule has 0 saturated carbocycles. The number of hydrogen-bond acceptors (Lipinski definition) is 9. The highest BCUT2D eigenvalue weighted by Crippen LogP contribution is 2.19. The van der Waals surface area contributed by atoms with Gasteiger partial charge in [0.05, 0.1) is 29.4 Å². The van der Waals surface area contributed by atoms with Gasteiger partial charge in [0.15, 0.2) is 9.84 Å². The fourth-order valence-electron chi connectivity index (χ4n) is 6.32. The molecule has 52 heavy (non-hydrogen) atoms. The highest BCUT2D eigenvalue weighted by atomic mass is 32.2. The Hall–Kier alpha value is -3.18. The number of halogens is 2. The summed E-state index contributed by atoms with van der Waals surface area (Å²) in [5.74, 6) is -3.39. The molecule has 292 valence electrons. The first-order valence-corrected chi connectivity index (χ1v) is 21.5. The third-order valence-electron chi connectivity index (χ3n) is 9.13. The van der Waals surface area contributed by atoms with Crippen LogP contribution in [0.3, 0.4) is 0 Å². The van der Waals surface area contributed by atoms with Crippen LogP contribution in [-0.2, 0) is 48.8 Å². The van der Waals surface area contributed by atoms with E-state index in [4.69, 9.17) is 4.74 Å². The Bertz CT molecular complexity index is 1660. The van der Waals surface area contributed by atoms with Crippen LogP contribution in [0, 0.1) is 11.6 Å². The average molecular weight is 773 g/mol. The second kappa shape index (κ2) is 20.3. The molecule has 0 radical (unpaired) electrons. The molecular formula is C36H54F2N4O8S2. The molecule has 3 rings (SSSR count). The van der Waals surface area contributed by atoms with Gasteiger partial charge in [-0.25, -0.2) is 34.7 Å². The number of amides is 2. The quantitative estimate of drug-likeness (QED) is 0.157. The van der Waals surface area contributed by atoms with Crippen molar-refractivity contribution in [2.75, 3.05) is 31.6 Å². The van der Waals surface area contributed by atoms with Crippen molar-refractivity contribution < 1.29 is 45.0 Å². The number of aryl methyl sites for hydroxylation is 1. The van der Waals surface area contributed by atoms with E-state index in [0.717, 1.165) is 35.9 Å². The molecule has 1 aliphatic heterocycles. The van der Waals surface area contributed by atoms with Crippen molar-refractivity contribution in [2.45, 2.75) is 108 Å². The number of alkyl carbamates (subject to hydrolysis) is 1. The smallest absolute Gasteiger partial charge is 0.408 e. The van der Waals surface area contributed by atoms with E-state index in [2.05, 4.69) is 16.0 Å². The van der Waals surface area contributed by atoms with Gasteiger partial charge in [-0.15, -0.1) is 0 Å². The van der Waals surface area contributed by atoms with Gasteiger partial charge < -0.3 is 25.8 Å². The summed E-state index contributed by atoms with van der Waals surface area (Å²) in [5, 5.41) is 18.7. The lowest BCUT2D eigenvalue weighted by atomic mass is 10.00. The minimum absolute atomic E-state index is 0.0429. The van der Waals surface area contributed by atoms with Gasteiger partial charge in [0, 0.05) is 32.2 Å². The Morgan fingerprint density at radius 3 is 2.12 bits per heavy atom. The molecule has 0 aromatic heterocycles. The monoisotopic (exact) mass is 772 g/mol. The maximum atomic E-state index is 14.2. The third kappa shape index (κ3) is 14.0. The number of sulfonamides is 1. The van der Waals surface area contributed by atoms with E-state index < -0.39 is 78.8 Å². The maximum Gasteiger partial charge on any atom is 0.408 e. The number of aliphatic hydroxyl groups is 1. The summed E-state index contributed by atoms with van der Waals surface area (Å²) in [5.41, 5.74) is 2.23. The first-order valence-electron chi connectivity index (χ1n) is 17.9. The van der Waals surface area contributed by atoms with E-state index in [1.807, 2.05) is 45.0 Å². The molecule has 0 spiro atoms. The van der Waals surface area contributed by atoms with Crippen LogP contribution in [0.15, 0.2) is 42.5 Å². The molecule has 1 heterocycles. The van der Waals surface area contributed by atoms with Crippen LogP contribution < -0.4 is 16.0 Å². The largest absolute Gasteiger partial charge is 0.446 e. The molecule has 2 aromatic carbocycles. The van der Waals surface area contributed by atoms with Gasteiger partial charge in [0.2, 0.25) is 15.9 Å². The normalized spacial score (nSPS) is 16.3. The minimum atomic E-state index is -3.95. The van der Waals surface area contributed by atoms with Gasteiger partial charge in [-0.05, 0) is 67.3 Å². The first-order chi connectivity index (χ1) is 24.5. The van der Waals surface area contributed by atoms with Crippen LogP contribution in [0.2, 0.25) is 0 Å².